The number of halogens is 3. The molecule has 0 saturated carbocycles. The highest BCUT2D eigenvalue weighted by atomic mass is 79.9. The van der Waals surface area contributed by atoms with Crippen molar-refractivity contribution in [1.82, 2.24) is 9.78 Å². The lowest BCUT2D eigenvalue weighted by atomic mass is 10.4. The lowest BCUT2D eigenvalue weighted by molar-refractivity contribution is -0.00000754. The van der Waals surface area contributed by atoms with Crippen LogP contribution in [0.5, 0.6) is 0 Å². The maximum Gasteiger partial charge on any atom is 0.264 e. The van der Waals surface area contributed by atoms with E-state index in [-0.39, 0.29) is 6.54 Å². The van der Waals surface area contributed by atoms with Crippen molar-refractivity contribution in [1.29, 1.82) is 0 Å². The molecule has 1 aromatic rings. The third kappa shape index (κ3) is 2.27. The Kier molecular flexibility index (Phi) is 2.51. The monoisotopic (exact) mass is 238 g/mol. The average Bonchev–Trinajstić information content (AvgIpc) is 2.16. The minimum absolute atomic E-state index is 0.371. The van der Waals surface area contributed by atoms with Crippen LogP contribution in [0.4, 0.5) is 8.78 Å². The van der Waals surface area contributed by atoms with Gasteiger partial charge in [0.2, 0.25) is 0 Å². The molecule has 5 heteroatoms. The summed E-state index contributed by atoms with van der Waals surface area (Å²) in [4.78, 5) is 0. The van der Waals surface area contributed by atoms with Gasteiger partial charge in [0.15, 0.2) is 0 Å². The fourth-order valence-electron chi connectivity index (χ4n) is 0.846. The van der Waals surface area contributed by atoms with Gasteiger partial charge in [-0.05, 0) is 22.9 Å². The molecule has 1 heterocycles. The molecule has 0 radical (unpaired) electrons. The molecule has 0 saturated heterocycles. The van der Waals surface area contributed by atoms with Gasteiger partial charge in [0.1, 0.15) is 6.54 Å². The minimum atomic E-state index is -2.71. The first-order chi connectivity index (χ1) is 5.40. The summed E-state index contributed by atoms with van der Waals surface area (Å²) in [6, 6.07) is 0. The Labute approximate surface area is 77.7 Å². The van der Waals surface area contributed by atoms with E-state index in [9.17, 15) is 8.78 Å². The van der Waals surface area contributed by atoms with Gasteiger partial charge in [0, 0.05) is 12.6 Å². The molecular formula is C7H9BrF2N2. The van der Waals surface area contributed by atoms with E-state index in [4.69, 9.17) is 0 Å². The number of hydrogen-bond acceptors (Lipinski definition) is 1. The number of rotatable bonds is 2. The summed E-state index contributed by atoms with van der Waals surface area (Å²) < 4.78 is 27.1. The van der Waals surface area contributed by atoms with Crippen LogP contribution in [-0.2, 0) is 6.54 Å². The van der Waals surface area contributed by atoms with E-state index in [2.05, 4.69) is 21.0 Å². The predicted octanol–water partition coefficient (Wildman–Crippen LogP) is 2.61. The van der Waals surface area contributed by atoms with Gasteiger partial charge in [-0.1, -0.05) is 0 Å². The Balaban J connectivity index is 2.83. The summed E-state index contributed by atoms with van der Waals surface area (Å²) in [5.41, 5.74) is 0.719. The largest absolute Gasteiger partial charge is 0.264 e. The molecule has 1 rings (SSSR count). The molecule has 2 nitrogen and oxygen atoms in total. The molecule has 0 amide bonds. The highest BCUT2D eigenvalue weighted by Gasteiger charge is 2.23. The highest BCUT2D eigenvalue weighted by molar-refractivity contribution is 9.10. The van der Waals surface area contributed by atoms with E-state index in [1.807, 2.05) is 0 Å². The van der Waals surface area contributed by atoms with Gasteiger partial charge in [0.05, 0.1) is 10.7 Å². The molecular weight excluding hydrogens is 230 g/mol. The fraction of sp³-hybridized carbons (Fsp3) is 0.571. The second kappa shape index (κ2) is 3.12. The van der Waals surface area contributed by atoms with Crippen LogP contribution in [0.3, 0.4) is 0 Å². The van der Waals surface area contributed by atoms with E-state index < -0.39 is 5.92 Å². The third-order valence-corrected chi connectivity index (χ3v) is 2.25. The maximum absolute atomic E-state index is 12.5. The molecule has 68 valence electrons. The van der Waals surface area contributed by atoms with Crippen molar-refractivity contribution in [3.63, 3.8) is 0 Å². The smallest absolute Gasteiger partial charge is 0.263 e. The van der Waals surface area contributed by atoms with Crippen molar-refractivity contribution in [2.45, 2.75) is 26.3 Å². The van der Waals surface area contributed by atoms with Gasteiger partial charge in [0.25, 0.3) is 5.92 Å². The molecule has 0 aliphatic rings. The van der Waals surface area contributed by atoms with Crippen molar-refractivity contribution in [3.8, 4) is 0 Å². The molecule has 0 aliphatic carbocycles. The molecule has 0 N–H and O–H groups in total. The Morgan fingerprint density at radius 3 is 2.58 bits per heavy atom. The van der Waals surface area contributed by atoms with Crippen molar-refractivity contribution in [3.05, 3.63) is 16.4 Å². The van der Waals surface area contributed by atoms with Crippen LogP contribution >= 0.6 is 15.9 Å². The molecule has 0 atom stereocenters. The Morgan fingerprint density at radius 1 is 1.67 bits per heavy atom. The molecule has 12 heavy (non-hydrogen) atoms. The molecule has 0 aliphatic heterocycles. The van der Waals surface area contributed by atoms with Crippen molar-refractivity contribution in [2.24, 2.45) is 0 Å². The maximum atomic E-state index is 12.5. The van der Waals surface area contributed by atoms with E-state index in [0.29, 0.717) is 0 Å². The predicted molar refractivity (Wildman–Crippen MR) is 45.3 cm³/mol. The molecule has 1 aromatic heterocycles. The first-order valence-electron chi connectivity index (χ1n) is 3.46. The second-order valence-electron chi connectivity index (χ2n) is 2.81. The van der Waals surface area contributed by atoms with Gasteiger partial charge in [-0.25, -0.2) is 8.78 Å². The average molecular weight is 239 g/mol. The molecule has 0 fully saturated rings. The number of aromatic nitrogens is 2. The van der Waals surface area contributed by atoms with E-state index in [1.54, 1.807) is 6.92 Å². The van der Waals surface area contributed by atoms with Gasteiger partial charge in [-0.15, -0.1) is 0 Å². The van der Waals surface area contributed by atoms with E-state index in [0.717, 1.165) is 17.1 Å². The van der Waals surface area contributed by atoms with Crippen molar-refractivity contribution in [2.75, 3.05) is 0 Å². The summed E-state index contributed by atoms with van der Waals surface area (Å²) in [5.74, 6) is -2.71. The summed E-state index contributed by atoms with van der Waals surface area (Å²) in [6.07, 6.45) is 1.51. The quantitative estimate of drug-likeness (QED) is 0.775. The number of hydrogen-bond donors (Lipinski definition) is 0. The zero-order chi connectivity index (χ0) is 9.35. The van der Waals surface area contributed by atoms with Crippen LogP contribution in [0.1, 0.15) is 12.6 Å². The van der Waals surface area contributed by atoms with Gasteiger partial charge < -0.3 is 0 Å². The Hall–Kier alpha value is -0.450. The normalized spacial score (nSPS) is 12.1. The van der Waals surface area contributed by atoms with Gasteiger partial charge >= 0.3 is 0 Å². The van der Waals surface area contributed by atoms with Crippen LogP contribution in [0.25, 0.3) is 0 Å². The van der Waals surface area contributed by atoms with Gasteiger partial charge in [-0.2, -0.15) is 5.10 Å². The lowest BCUT2D eigenvalue weighted by Crippen LogP contribution is -2.20. The SMILES string of the molecule is Cc1c(Br)cnn1CC(C)(F)F. The Morgan fingerprint density at radius 2 is 2.25 bits per heavy atom. The van der Waals surface area contributed by atoms with Crippen molar-refractivity contribution >= 4 is 15.9 Å². The Bertz CT molecular complexity index is 277. The topological polar surface area (TPSA) is 17.8 Å². The zero-order valence-electron chi connectivity index (χ0n) is 6.81. The summed E-state index contributed by atoms with van der Waals surface area (Å²) in [5, 5.41) is 3.79. The number of alkyl halides is 2. The summed E-state index contributed by atoms with van der Waals surface area (Å²) in [7, 11) is 0. The molecule has 0 aromatic carbocycles. The number of nitrogens with zero attached hydrogens (tertiary/aromatic N) is 2. The summed E-state index contributed by atoms with van der Waals surface area (Å²) >= 11 is 3.20. The van der Waals surface area contributed by atoms with Crippen LogP contribution in [-0.4, -0.2) is 15.7 Å². The van der Waals surface area contributed by atoms with Crippen LogP contribution in [0.2, 0.25) is 0 Å². The second-order valence-corrected chi connectivity index (χ2v) is 3.66. The minimum Gasteiger partial charge on any atom is -0.263 e. The van der Waals surface area contributed by atoms with Crippen LogP contribution in [0, 0.1) is 6.92 Å². The third-order valence-electron chi connectivity index (χ3n) is 1.47. The first-order valence-corrected chi connectivity index (χ1v) is 4.25. The van der Waals surface area contributed by atoms with Crippen LogP contribution in [0.15, 0.2) is 10.7 Å². The van der Waals surface area contributed by atoms with Crippen molar-refractivity contribution < 1.29 is 8.78 Å². The molecule has 0 unspecified atom stereocenters. The fourth-order valence-corrected chi connectivity index (χ4v) is 1.14. The molecule has 0 spiro atoms. The zero-order valence-corrected chi connectivity index (χ0v) is 8.40. The van der Waals surface area contributed by atoms with E-state index in [1.165, 1.54) is 10.9 Å². The highest BCUT2D eigenvalue weighted by Crippen LogP contribution is 2.19. The first kappa shape index (κ1) is 9.64. The van der Waals surface area contributed by atoms with Gasteiger partial charge in [-0.3, -0.25) is 4.68 Å². The standard InChI is InChI=1S/C7H9BrF2N2/c1-5-6(8)3-11-12(5)4-7(2,9)10/h3H,4H2,1-2H3. The summed E-state index contributed by atoms with van der Waals surface area (Å²) in [6.45, 7) is 2.25. The lowest BCUT2D eigenvalue weighted by Gasteiger charge is -2.11. The van der Waals surface area contributed by atoms with Crippen LogP contribution < -0.4 is 0 Å². The van der Waals surface area contributed by atoms with E-state index >= 15 is 0 Å². The molecule has 0 bridgehead atoms.